The highest BCUT2D eigenvalue weighted by Gasteiger charge is 2.02. The van der Waals surface area contributed by atoms with Crippen molar-refractivity contribution in [1.29, 1.82) is 0 Å². The minimum Gasteiger partial charge on any atom is -0.399 e. The van der Waals surface area contributed by atoms with Gasteiger partial charge in [0.05, 0.1) is 0 Å². The molecule has 1 rings (SSSR count). The Morgan fingerprint density at radius 2 is 2.00 bits per heavy atom. The Labute approximate surface area is 80.3 Å². The molecule has 0 aliphatic heterocycles. The van der Waals surface area contributed by atoms with E-state index in [2.05, 4.69) is 25.6 Å². The molecule has 1 atom stereocenters. The highest BCUT2D eigenvalue weighted by atomic mass is 14.5. The summed E-state index contributed by atoms with van der Waals surface area (Å²) in [5, 5.41) is 0. The molecular formula is C12H17N. The number of nitrogen functional groups attached to an aromatic ring is 1. The zero-order valence-corrected chi connectivity index (χ0v) is 8.16. The molecule has 0 saturated carbocycles. The average Bonchev–Trinajstić information content (AvgIpc) is 2.15. The Bertz CT molecular complexity index is 261. The van der Waals surface area contributed by atoms with Crippen molar-refractivity contribution in [1.82, 2.24) is 0 Å². The van der Waals surface area contributed by atoms with Gasteiger partial charge in [-0.15, -0.1) is 6.58 Å². The summed E-state index contributed by atoms with van der Waals surface area (Å²) in [5.74, 6) is 0.596. The lowest BCUT2D eigenvalue weighted by Gasteiger charge is -2.10. The predicted molar refractivity (Wildman–Crippen MR) is 58.7 cm³/mol. The molecule has 0 unspecified atom stereocenters. The van der Waals surface area contributed by atoms with E-state index in [-0.39, 0.29) is 0 Å². The Balaban J connectivity index is 2.60. The third kappa shape index (κ3) is 2.94. The average molecular weight is 175 g/mol. The summed E-state index contributed by atoms with van der Waals surface area (Å²) in [7, 11) is 0. The van der Waals surface area contributed by atoms with Crippen LogP contribution in [0.2, 0.25) is 0 Å². The van der Waals surface area contributed by atoms with E-state index >= 15 is 0 Å². The van der Waals surface area contributed by atoms with Crippen LogP contribution < -0.4 is 5.73 Å². The van der Waals surface area contributed by atoms with Crippen LogP contribution in [-0.4, -0.2) is 0 Å². The number of hydrogen-bond donors (Lipinski definition) is 1. The van der Waals surface area contributed by atoms with Crippen molar-refractivity contribution >= 4 is 5.69 Å². The van der Waals surface area contributed by atoms with E-state index in [1.54, 1.807) is 0 Å². The van der Waals surface area contributed by atoms with Gasteiger partial charge < -0.3 is 5.73 Å². The first-order chi connectivity index (χ1) is 6.24. The fraction of sp³-hybridized carbons (Fsp3) is 0.333. The van der Waals surface area contributed by atoms with E-state index in [0.717, 1.165) is 18.5 Å². The van der Waals surface area contributed by atoms with Gasteiger partial charge in [-0.2, -0.15) is 0 Å². The monoisotopic (exact) mass is 175 g/mol. The molecule has 0 heterocycles. The van der Waals surface area contributed by atoms with E-state index in [0.29, 0.717) is 5.92 Å². The molecule has 0 aliphatic carbocycles. The van der Waals surface area contributed by atoms with E-state index < -0.39 is 0 Å². The minimum atomic E-state index is 0.596. The molecule has 1 aromatic carbocycles. The van der Waals surface area contributed by atoms with Gasteiger partial charge in [0, 0.05) is 5.69 Å². The summed E-state index contributed by atoms with van der Waals surface area (Å²) in [6.07, 6.45) is 4.20. The van der Waals surface area contributed by atoms with E-state index in [1.807, 2.05) is 18.2 Å². The first kappa shape index (κ1) is 9.85. The fourth-order valence-electron chi connectivity index (χ4n) is 1.36. The molecule has 0 amide bonds. The second-order valence-electron chi connectivity index (χ2n) is 3.43. The van der Waals surface area contributed by atoms with Crippen molar-refractivity contribution in [3.8, 4) is 0 Å². The molecule has 1 heteroatoms. The smallest absolute Gasteiger partial charge is 0.0314 e. The maximum atomic E-state index is 5.61. The maximum absolute atomic E-state index is 5.61. The van der Waals surface area contributed by atoms with Crippen LogP contribution in [0.4, 0.5) is 5.69 Å². The number of benzene rings is 1. The van der Waals surface area contributed by atoms with E-state index in [1.165, 1.54) is 5.56 Å². The second kappa shape index (κ2) is 4.70. The van der Waals surface area contributed by atoms with Crippen molar-refractivity contribution in [3.05, 3.63) is 42.5 Å². The fourth-order valence-corrected chi connectivity index (χ4v) is 1.36. The number of nitrogens with two attached hydrogens (primary N) is 1. The summed E-state index contributed by atoms with van der Waals surface area (Å²) >= 11 is 0. The van der Waals surface area contributed by atoms with Crippen molar-refractivity contribution in [2.45, 2.75) is 25.7 Å². The number of anilines is 1. The van der Waals surface area contributed by atoms with Crippen molar-refractivity contribution in [2.75, 3.05) is 5.73 Å². The lowest BCUT2D eigenvalue weighted by Crippen LogP contribution is -1.93. The SMILES string of the molecule is C=CCC[C@H](C)c1ccc(N)cc1. The van der Waals surface area contributed by atoms with Crippen LogP contribution in [0.1, 0.15) is 31.2 Å². The zero-order valence-electron chi connectivity index (χ0n) is 8.16. The minimum absolute atomic E-state index is 0.596. The van der Waals surface area contributed by atoms with Crippen LogP contribution in [0.25, 0.3) is 0 Å². The summed E-state index contributed by atoms with van der Waals surface area (Å²) in [6, 6.07) is 8.12. The van der Waals surface area contributed by atoms with Gasteiger partial charge in [0.25, 0.3) is 0 Å². The zero-order chi connectivity index (χ0) is 9.68. The highest BCUT2D eigenvalue weighted by Crippen LogP contribution is 2.21. The topological polar surface area (TPSA) is 26.0 Å². The van der Waals surface area contributed by atoms with E-state index in [4.69, 9.17) is 5.73 Å². The molecule has 70 valence electrons. The molecule has 0 fully saturated rings. The highest BCUT2D eigenvalue weighted by molar-refractivity contribution is 5.40. The van der Waals surface area contributed by atoms with Gasteiger partial charge >= 0.3 is 0 Å². The van der Waals surface area contributed by atoms with Gasteiger partial charge in [0.1, 0.15) is 0 Å². The van der Waals surface area contributed by atoms with Crippen LogP contribution in [-0.2, 0) is 0 Å². The molecule has 0 spiro atoms. The Hall–Kier alpha value is -1.24. The standard InChI is InChI=1S/C12H17N/c1-3-4-5-10(2)11-6-8-12(13)9-7-11/h3,6-10H,1,4-5,13H2,2H3/t10-/m0/s1. The first-order valence-corrected chi connectivity index (χ1v) is 4.70. The van der Waals surface area contributed by atoms with Crippen molar-refractivity contribution in [2.24, 2.45) is 0 Å². The Morgan fingerprint density at radius 1 is 1.38 bits per heavy atom. The van der Waals surface area contributed by atoms with Crippen LogP contribution in [0.3, 0.4) is 0 Å². The third-order valence-electron chi connectivity index (χ3n) is 2.31. The van der Waals surface area contributed by atoms with Crippen LogP contribution >= 0.6 is 0 Å². The van der Waals surface area contributed by atoms with Gasteiger partial charge in [-0.25, -0.2) is 0 Å². The molecule has 1 nitrogen and oxygen atoms in total. The predicted octanol–water partition coefficient (Wildman–Crippen LogP) is 3.34. The van der Waals surface area contributed by atoms with Gasteiger partial charge in [0.2, 0.25) is 0 Å². The van der Waals surface area contributed by atoms with Crippen LogP contribution in [0.15, 0.2) is 36.9 Å². The molecule has 0 saturated heterocycles. The number of allylic oxidation sites excluding steroid dienone is 1. The third-order valence-corrected chi connectivity index (χ3v) is 2.31. The first-order valence-electron chi connectivity index (χ1n) is 4.70. The lowest BCUT2D eigenvalue weighted by atomic mass is 9.96. The van der Waals surface area contributed by atoms with Crippen LogP contribution in [0.5, 0.6) is 0 Å². The molecule has 1 aromatic rings. The maximum Gasteiger partial charge on any atom is 0.0314 e. The van der Waals surface area contributed by atoms with Crippen LogP contribution in [0, 0.1) is 0 Å². The number of rotatable bonds is 4. The molecule has 0 aliphatic rings. The van der Waals surface area contributed by atoms with Gasteiger partial charge in [-0.1, -0.05) is 25.1 Å². The summed E-state index contributed by atoms with van der Waals surface area (Å²) in [6.45, 7) is 5.95. The molecule has 0 aromatic heterocycles. The van der Waals surface area contributed by atoms with Gasteiger partial charge in [-0.3, -0.25) is 0 Å². The molecule has 0 bridgehead atoms. The second-order valence-corrected chi connectivity index (χ2v) is 3.43. The molecular weight excluding hydrogens is 158 g/mol. The lowest BCUT2D eigenvalue weighted by molar-refractivity contribution is 0.691. The Morgan fingerprint density at radius 3 is 2.54 bits per heavy atom. The molecule has 0 radical (unpaired) electrons. The summed E-state index contributed by atoms with van der Waals surface area (Å²) in [5.41, 5.74) is 7.80. The Kier molecular flexibility index (Phi) is 3.56. The molecule has 2 N–H and O–H groups in total. The van der Waals surface area contributed by atoms with Gasteiger partial charge in [0.15, 0.2) is 0 Å². The normalized spacial score (nSPS) is 12.4. The van der Waals surface area contributed by atoms with Gasteiger partial charge in [-0.05, 0) is 36.5 Å². The largest absolute Gasteiger partial charge is 0.399 e. The summed E-state index contributed by atoms with van der Waals surface area (Å²) in [4.78, 5) is 0. The quantitative estimate of drug-likeness (QED) is 0.551. The van der Waals surface area contributed by atoms with Crippen molar-refractivity contribution < 1.29 is 0 Å². The van der Waals surface area contributed by atoms with E-state index in [9.17, 15) is 0 Å². The number of hydrogen-bond acceptors (Lipinski definition) is 1. The molecule has 13 heavy (non-hydrogen) atoms. The van der Waals surface area contributed by atoms with Crippen molar-refractivity contribution in [3.63, 3.8) is 0 Å². The summed E-state index contributed by atoms with van der Waals surface area (Å²) < 4.78 is 0.